The molecule has 4 nitrogen and oxygen atoms in total. The lowest BCUT2D eigenvalue weighted by Crippen LogP contribution is -2.26. The molecule has 0 atom stereocenters. The molecule has 0 spiro atoms. The average molecular weight is 266 g/mol. The molecule has 0 unspecified atom stereocenters. The van der Waals surface area contributed by atoms with Gasteiger partial charge in [-0.25, -0.2) is 0 Å². The Hall–Kier alpha value is -2.49. The molecule has 0 fully saturated rings. The van der Waals surface area contributed by atoms with Gasteiger partial charge in [-0.15, -0.1) is 0 Å². The zero-order valence-electron chi connectivity index (χ0n) is 11.3. The molecule has 102 valence electrons. The molecule has 0 saturated carbocycles. The maximum absolute atomic E-state index is 5.69. The average Bonchev–Trinajstić information content (AvgIpc) is 2.96. The molecule has 1 heterocycles. The van der Waals surface area contributed by atoms with Crippen LogP contribution >= 0.6 is 0 Å². The summed E-state index contributed by atoms with van der Waals surface area (Å²) in [5.74, 6) is 0.858. The maximum atomic E-state index is 5.69. The van der Waals surface area contributed by atoms with Crippen LogP contribution < -0.4 is 16.4 Å². The number of hydrogen-bond acceptors (Lipinski definition) is 4. The number of nitrogens with one attached hydrogen (secondary N) is 2. The smallest absolute Gasteiger partial charge is 0.195 e. The lowest BCUT2D eigenvalue weighted by atomic mass is 10.0. The Morgan fingerprint density at radius 1 is 1.00 bits per heavy atom. The molecule has 3 rings (SSSR count). The van der Waals surface area contributed by atoms with E-state index in [9.17, 15) is 0 Å². The van der Waals surface area contributed by atoms with E-state index >= 15 is 0 Å². The largest absolute Gasteiger partial charge is 0.399 e. The van der Waals surface area contributed by atoms with Crippen LogP contribution in [0.1, 0.15) is 11.1 Å². The summed E-state index contributed by atoms with van der Waals surface area (Å²) in [5, 5.41) is 6.45. The van der Waals surface area contributed by atoms with Gasteiger partial charge in [0, 0.05) is 17.9 Å². The van der Waals surface area contributed by atoms with Gasteiger partial charge in [0.1, 0.15) is 0 Å². The van der Waals surface area contributed by atoms with Gasteiger partial charge in [-0.1, -0.05) is 24.3 Å². The summed E-state index contributed by atoms with van der Waals surface area (Å²) in [6.07, 6.45) is 0.916. The normalized spacial score (nSPS) is 13.7. The Morgan fingerprint density at radius 3 is 2.25 bits per heavy atom. The number of hydrogen-bond donors (Lipinski definition) is 3. The molecule has 4 N–H and O–H groups in total. The van der Waals surface area contributed by atoms with Crippen molar-refractivity contribution in [2.24, 2.45) is 4.99 Å². The molecule has 0 bridgehead atoms. The Morgan fingerprint density at radius 2 is 1.65 bits per heavy atom. The highest BCUT2D eigenvalue weighted by molar-refractivity contribution is 5.94. The van der Waals surface area contributed by atoms with Crippen molar-refractivity contribution in [3.05, 3.63) is 59.7 Å². The molecule has 1 aliphatic heterocycles. The van der Waals surface area contributed by atoms with Crippen molar-refractivity contribution in [1.29, 1.82) is 0 Å². The van der Waals surface area contributed by atoms with Crippen molar-refractivity contribution >= 4 is 17.3 Å². The van der Waals surface area contributed by atoms with Gasteiger partial charge in [-0.3, -0.25) is 4.99 Å². The van der Waals surface area contributed by atoms with Gasteiger partial charge in [-0.2, -0.15) is 0 Å². The number of anilines is 2. The van der Waals surface area contributed by atoms with Gasteiger partial charge in [0.05, 0.1) is 6.54 Å². The first-order chi connectivity index (χ1) is 9.79. The molecule has 0 radical (unpaired) electrons. The standard InChI is InChI=1S/C16H18N4/c17-14-5-1-12(2-6-14)11-13-3-7-15(8-4-13)20-16-18-9-10-19-16/h1-8H,9-11,17H2,(H2,18,19,20). The molecule has 0 aliphatic carbocycles. The molecule has 1 aliphatic rings. The van der Waals surface area contributed by atoms with Crippen LogP contribution in [-0.2, 0) is 6.42 Å². The van der Waals surface area contributed by atoms with Crippen molar-refractivity contribution in [3.8, 4) is 0 Å². The highest BCUT2D eigenvalue weighted by Crippen LogP contribution is 2.15. The second-order valence-electron chi connectivity index (χ2n) is 4.90. The van der Waals surface area contributed by atoms with Crippen LogP contribution in [0.4, 0.5) is 11.4 Å². The molecule has 0 aromatic heterocycles. The number of aliphatic imine (C=N–C) groups is 1. The summed E-state index contributed by atoms with van der Waals surface area (Å²) >= 11 is 0. The van der Waals surface area contributed by atoms with Gasteiger partial charge >= 0.3 is 0 Å². The summed E-state index contributed by atoms with van der Waals surface area (Å²) < 4.78 is 0. The van der Waals surface area contributed by atoms with Crippen LogP contribution in [0.25, 0.3) is 0 Å². The maximum Gasteiger partial charge on any atom is 0.195 e. The molecule has 0 saturated heterocycles. The third kappa shape index (κ3) is 3.09. The Labute approximate surface area is 118 Å². The van der Waals surface area contributed by atoms with Crippen LogP contribution in [0.15, 0.2) is 53.5 Å². The molecular weight excluding hydrogens is 248 g/mol. The van der Waals surface area contributed by atoms with E-state index in [-0.39, 0.29) is 0 Å². The number of rotatable bonds is 3. The summed E-state index contributed by atoms with van der Waals surface area (Å²) in [4.78, 5) is 4.31. The predicted molar refractivity (Wildman–Crippen MR) is 84.0 cm³/mol. The first kappa shape index (κ1) is 12.5. The van der Waals surface area contributed by atoms with Gasteiger partial charge in [0.15, 0.2) is 5.96 Å². The minimum atomic E-state index is 0.804. The van der Waals surface area contributed by atoms with Crippen LogP contribution in [0.2, 0.25) is 0 Å². The molecule has 0 amide bonds. The van der Waals surface area contributed by atoms with E-state index in [2.05, 4.69) is 52.0 Å². The molecule has 4 heteroatoms. The Kier molecular flexibility index (Phi) is 3.54. The van der Waals surface area contributed by atoms with E-state index in [4.69, 9.17) is 5.73 Å². The first-order valence-electron chi connectivity index (χ1n) is 6.78. The van der Waals surface area contributed by atoms with E-state index in [1.807, 2.05) is 12.1 Å². The van der Waals surface area contributed by atoms with Crippen molar-refractivity contribution in [2.75, 3.05) is 24.1 Å². The number of benzene rings is 2. The molecular formula is C16H18N4. The van der Waals surface area contributed by atoms with Crippen LogP contribution in [0.5, 0.6) is 0 Å². The minimum absolute atomic E-state index is 0.804. The summed E-state index contributed by atoms with van der Waals surface area (Å²) in [6.45, 7) is 1.76. The zero-order chi connectivity index (χ0) is 13.8. The monoisotopic (exact) mass is 266 g/mol. The first-order valence-corrected chi connectivity index (χ1v) is 6.78. The predicted octanol–water partition coefficient (Wildman–Crippen LogP) is 2.23. The highest BCUT2D eigenvalue weighted by atomic mass is 15.2. The second kappa shape index (κ2) is 5.65. The minimum Gasteiger partial charge on any atom is -0.399 e. The number of nitrogens with two attached hydrogens (primary N) is 1. The molecule has 2 aromatic rings. The van der Waals surface area contributed by atoms with Crippen molar-refractivity contribution in [3.63, 3.8) is 0 Å². The summed E-state index contributed by atoms with van der Waals surface area (Å²) in [5.41, 5.74) is 10.1. The van der Waals surface area contributed by atoms with Crippen LogP contribution in [0.3, 0.4) is 0 Å². The molecule has 20 heavy (non-hydrogen) atoms. The third-order valence-corrected chi connectivity index (χ3v) is 3.28. The van der Waals surface area contributed by atoms with Crippen molar-refractivity contribution in [2.45, 2.75) is 6.42 Å². The van der Waals surface area contributed by atoms with Crippen LogP contribution in [-0.4, -0.2) is 19.0 Å². The Balaban J connectivity index is 1.65. The zero-order valence-corrected chi connectivity index (χ0v) is 11.3. The fourth-order valence-corrected chi connectivity index (χ4v) is 2.20. The number of nitrogen functional groups attached to an aromatic ring is 1. The van der Waals surface area contributed by atoms with Crippen molar-refractivity contribution < 1.29 is 0 Å². The van der Waals surface area contributed by atoms with E-state index in [1.165, 1.54) is 11.1 Å². The fourth-order valence-electron chi connectivity index (χ4n) is 2.20. The lowest BCUT2D eigenvalue weighted by molar-refractivity contribution is 0.959. The van der Waals surface area contributed by atoms with Gasteiger partial charge in [0.25, 0.3) is 0 Å². The topological polar surface area (TPSA) is 62.4 Å². The van der Waals surface area contributed by atoms with Gasteiger partial charge in [-0.05, 0) is 41.8 Å². The highest BCUT2D eigenvalue weighted by Gasteiger charge is 2.04. The summed E-state index contributed by atoms with van der Waals surface area (Å²) in [6, 6.07) is 16.4. The SMILES string of the molecule is Nc1ccc(Cc2ccc(NC3=NCCN3)cc2)cc1. The lowest BCUT2D eigenvalue weighted by Gasteiger charge is -2.08. The van der Waals surface area contributed by atoms with E-state index in [0.717, 1.165) is 36.8 Å². The fraction of sp³-hybridized carbons (Fsp3) is 0.188. The third-order valence-electron chi connectivity index (χ3n) is 3.28. The second-order valence-corrected chi connectivity index (χ2v) is 4.90. The van der Waals surface area contributed by atoms with E-state index < -0.39 is 0 Å². The van der Waals surface area contributed by atoms with Gasteiger partial charge in [0.2, 0.25) is 0 Å². The summed E-state index contributed by atoms with van der Waals surface area (Å²) in [7, 11) is 0. The van der Waals surface area contributed by atoms with Crippen molar-refractivity contribution in [1.82, 2.24) is 5.32 Å². The Bertz CT molecular complexity index is 599. The molecule has 2 aromatic carbocycles. The number of guanidine groups is 1. The van der Waals surface area contributed by atoms with Crippen LogP contribution in [0, 0.1) is 0 Å². The number of nitrogens with zero attached hydrogens (tertiary/aromatic N) is 1. The quantitative estimate of drug-likeness (QED) is 0.747. The van der Waals surface area contributed by atoms with E-state index in [0.29, 0.717) is 0 Å². The van der Waals surface area contributed by atoms with Gasteiger partial charge < -0.3 is 16.4 Å². The van der Waals surface area contributed by atoms with E-state index in [1.54, 1.807) is 0 Å².